The van der Waals surface area contributed by atoms with Gasteiger partial charge in [0.05, 0.1) is 11.6 Å². The molecule has 0 N–H and O–H groups in total. The van der Waals surface area contributed by atoms with E-state index in [-0.39, 0.29) is 11.7 Å². The van der Waals surface area contributed by atoms with Crippen LogP contribution in [0.1, 0.15) is 57.4 Å². The summed E-state index contributed by atoms with van der Waals surface area (Å²) in [5.74, 6) is 0.736. The molecule has 1 unspecified atom stereocenters. The lowest BCUT2D eigenvalue weighted by Gasteiger charge is -2.41. The lowest BCUT2D eigenvalue weighted by Crippen LogP contribution is -2.36. The Kier molecular flexibility index (Phi) is 5.03. The van der Waals surface area contributed by atoms with E-state index in [0.717, 1.165) is 36.2 Å². The second-order valence-electron chi connectivity index (χ2n) is 6.58. The third-order valence-electron chi connectivity index (χ3n) is 5.13. The van der Waals surface area contributed by atoms with Crippen molar-refractivity contribution in [1.29, 1.82) is 5.26 Å². The lowest BCUT2D eigenvalue weighted by atomic mass is 9.69. The van der Waals surface area contributed by atoms with Crippen LogP contribution in [0.5, 0.6) is 0 Å². The fourth-order valence-corrected chi connectivity index (χ4v) is 4.00. The molecule has 0 amide bonds. The zero-order valence-electron chi connectivity index (χ0n) is 13.9. The smallest absolute Gasteiger partial charge is 0.200 e. The molecule has 0 bridgehead atoms. The first kappa shape index (κ1) is 16.1. The Bertz CT molecular complexity index is 592. The van der Waals surface area contributed by atoms with Gasteiger partial charge >= 0.3 is 0 Å². The second-order valence-corrected chi connectivity index (χ2v) is 6.58. The lowest BCUT2D eigenvalue weighted by molar-refractivity contribution is -0.124. The predicted molar refractivity (Wildman–Crippen MR) is 90.2 cm³/mol. The molecule has 1 fully saturated rings. The summed E-state index contributed by atoms with van der Waals surface area (Å²) in [6.07, 6.45) is 7.60. The Morgan fingerprint density at radius 1 is 1.17 bits per heavy atom. The van der Waals surface area contributed by atoms with E-state index in [1.165, 1.54) is 25.7 Å². The Morgan fingerprint density at radius 2 is 1.87 bits per heavy atom. The molecule has 1 aromatic carbocycles. The third-order valence-corrected chi connectivity index (χ3v) is 5.13. The maximum Gasteiger partial charge on any atom is 0.200 e. The third kappa shape index (κ3) is 3.28. The van der Waals surface area contributed by atoms with Gasteiger partial charge in [-0.1, -0.05) is 56.0 Å². The van der Waals surface area contributed by atoms with Crippen molar-refractivity contribution < 1.29 is 9.47 Å². The maximum absolute atomic E-state index is 9.92. The van der Waals surface area contributed by atoms with Crippen molar-refractivity contribution in [3.63, 3.8) is 0 Å². The fraction of sp³-hybridized carbons (Fsp3) is 0.550. The topological polar surface area (TPSA) is 42.2 Å². The van der Waals surface area contributed by atoms with E-state index in [0.29, 0.717) is 6.61 Å². The average molecular weight is 311 g/mol. The number of hydrogen-bond donors (Lipinski definition) is 0. The molecule has 1 aliphatic carbocycles. The normalized spacial score (nSPS) is 23.9. The summed E-state index contributed by atoms with van der Waals surface area (Å²) in [5.41, 5.74) is 1.74. The molecule has 2 aliphatic rings. The molecule has 3 rings (SSSR count). The monoisotopic (exact) mass is 311 g/mol. The quantitative estimate of drug-likeness (QED) is 0.785. The van der Waals surface area contributed by atoms with Crippen molar-refractivity contribution in [3.8, 4) is 6.07 Å². The molecule has 0 saturated heterocycles. The summed E-state index contributed by atoms with van der Waals surface area (Å²) in [6, 6.07) is 12.5. The number of nitrogens with zero attached hydrogens (tertiary/aromatic N) is 1. The van der Waals surface area contributed by atoms with E-state index >= 15 is 0 Å². The number of ether oxygens (including phenoxy) is 2. The number of benzene rings is 1. The molecule has 23 heavy (non-hydrogen) atoms. The van der Waals surface area contributed by atoms with Gasteiger partial charge in [-0.15, -0.1) is 0 Å². The summed E-state index contributed by atoms with van der Waals surface area (Å²) in [4.78, 5) is 0. The van der Waals surface area contributed by atoms with Crippen LogP contribution in [-0.2, 0) is 9.47 Å². The van der Waals surface area contributed by atoms with E-state index in [9.17, 15) is 5.26 Å². The molecule has 122 valence electrons. The number of rotatable bonds is 3. The van der Waals surface area contributed by atoms with Crippen molar-refractivity contribution in [2.24, 2.45) is 5.41 Å². The number of hydrogen-bond acceptors (Lipinski definition) is 3. The largest absolute Gasteiger partial charge is 0.463 e. The molecule has 1 heterocycles. The zero-order chi connectivity index (χ0) is 16.1. The minimum Gasteiger partial charge on any atom is -0.463 e. The van der Waals surface area contributed by atoms with Gasteiger partial charge in [0.25, 0.3) is 0 Å². The first-order valence-corrected chi connectivity index (χ1v) is 8.77. The molecular formula is C20H25NO2. The van der Waals surface area contributed by atoms with Crippen LogP contribution in [-0.4, -0.2) is 12.9 Å². The van der Waals surface area contributed by atoms with Gasteiger partial charge in [-0.25, -0.2) is 0 Å². The van der Waals surface area contributed by atoms with E-state index < -0.39 is 0 Å². The summed E-state index contributed by atoms with van der Waals surface area (Å²) >= 11 is 0. The molecule has 1 aliphatic heterocycles. The Morgan fingerprint density at radius 3 is 2.48 bits per heavy atom. The predicted octanol–water partition coefficient (Wildman–Crippen LogP) is 5.04. The molecule has 0 radical (unpaired) electrons. The molecule has 1 aromatic rings. The molecule has 1 saturated carbocycles. The highest BCUT2D eigenvalue weighted by molar-refractivity contribution is 5.69. The molecular weight excluding hydrogens is 286 g/mol. The van der Waals surface area contributed by atoms with Crippen LogP contribution in [0.3, 0.4) is 0 Å². The van der Waals surface area contributed by atoms with Gasteiger partial charge in [0, 0.05) is 24.0 Å². The standard InChI is InChI=1S/C20H25NO2/c1-2-22-18-14-20(12-8-3-4-9-13-20)17(15-21)19(23-18)16-10-6-5-7-11-16/h5-7,10-11,18H,2-4,8-9,12-14H2,1H3. The van der Waals surface area contributed by atoms with E-state index in [1.807, 2.05) is 37.3 Å². The maximum atomic E-state index is 9.92. The van der Waals surface area contributed by atoms with Crippen LogP contribution in [0.25, 0.3) is 5.76 Å². The van der Waals surface area contributed by atoms with Crippen LogP contribution >= 0.6 is 0 Å². The molecule has 0 aromatic heterocycles. The van der Waals surface area contributed by atoms with Crippen molar-refractivity contribution in [3.05, 3.63) is 41.5 Å². The summed E-state index contributed by atoms with van der Waals surface area (Å²) < 4.78 is 11.9. The SMILES string of the molecule is CCOC1CC2(CCCCCC2)C(C#N)=C(c2ccccc2)O1. The van der Waals surface area contributed by atoms with E-state index in [4.69, 9.17) is 9.47 Å². The molecule has 1 atom stereocenters. The van der Waals surface area contributed by atoms with Crippen molar-refractivity contribution in [2.75, 3.05) is 6.61 Å². The second kappa shape index (κ2) is 7.19. The Balaban J connectivity index is 2.07. The van der Waals surface area contributed by atoms with Crippen molar-refractivity contribution in [1.82, 2.24) is 0 Å². The van der Waals surface area contributed by atoms with Crippen molar-refractivity contribution in [2.45, 2.75) is 58.2 Å². The summed E-state index contributed by atoms with van der Waals surface area (Å²) in [7, 11) is 0. The van der Waals surface area contributed by atoms with Gasteiger partial charge in [0.1, 0.15) is 5.76 Å². The van der Waals surface area contributed by atoms with Crippen LogP contribution in [0.15, 0.2) is 35.9 Å². The minimum atomic E-state index is -0.245. The molecule has 3 nitrogen and oxygen atoms in total. The van der Waals surface area contributed by atoms with Gasteiger partial charge in [0.15, 0.2) is 0 Å². The summed E-state index contributed by atoms with van der Waals surface area (Å²) in [6.45, 7) is 2.62. The highest BCUT2D eigenvalue weighted by atomic mass is 16.7. The first-order chi connectivity index (χ1) is 11.3. The van der Waals surface area contributed by atoms with Crippen LogP contribution in [0.4, 0.5) is 0 Å². The van der Waals surface area contributed by atoms with Gasteiger partial charge in [-0.05, 0) is 19.8 Å². The van der Waals surface area contributed by atoms with Crippen LogP contribution in [0, 0.1) is 16.7 Å². The number of allylic oxidation sites excluding steroid dienone is 1. The highest BCUT2D eigenvalue weighted by Crippen LogP contribution is 2.51. The van der Waals surface area contributed by atoms with Gasteiger partial charge < -0.3 is 9.47 Å². The molecule has 3 heteroatoms. The Hall–Kier alpha value is -1.79. The van der Waals surface area contributed by atoms with Crippen LogP contribution in [0.2, 0.25) is 0 Å². The molecule has 1 spiro atoms. The highest BCUT2D eigenvalue weighted by Gasteiger charge is 2.44. The van der Waals surface area contributed by atoms with Gasteiger partial charge in [-0.2, -0.15) is 5.26 Å². The van der Waals surface area contributed by atoms with Crippen molar-refractivity contribution >= 4 is 5.76 Å². The van der Waals surface area contributed by atoms with Crippen LogP contribution < -0.4 is 0 Å². The minimum absolute atomic E-state index is 0.0749. The van der Waals surface area contributed by atoms with E-state index in [1.54, 1.807) is 0 Å². The number of nitriles is 1. The first-order valence-electron chi connectivity index (χ1n) is 8.77. The van der Waals surface area contributed by atoms with Gasteiger partial charge in [0.2, 0.25) is 6.29 Å². The zero-order valence-corrected chi connectivity index (χ0v) is 13.9. The average Bonchev–Trinajstić information content (AvgIpc) is 2.81. The fourth-order valence-electron chi connectivity index (χ4n) is 4.00. The Labute approximate surface area is 138 Å². The van der Waals surface area contributed by atoms with Gasteiger partial charge in [-0.3, -0.25) is 0 Å². The van der Waals surface area contributed by atoms with E-state index in [2.05, 4.69) is 6.07 Å². The summed E-state index contributed by atoms with van der Waals surface area (Å²) in [5, 5.41) is 9.92.